The molecule has 1 atom stereocenters. The van der Waals surface area contributed by atoms with Crippen LogP contribution in [0, 0.1) is 22.7 Å². The number of hydrogen-bond acceptors (Lipinski definition) is 3. The molecule has 4 nitrogen and oxygen atoms in total. The molecule has 0 aliphatic carbocycles. The summed E-state index contributed by atoms with van der Waals surface area (Å²) in [5.74, 6) is 0. The van der Waals surface area contributed by atoms with E-state index >= 15 is 0 Å². The second kappa shape index (κ2) is 13.4. The highest BCUT2D eigenvalue weighted by Gasteiger charge is 2.24. The lowest BCUT2D eigenvalue weighted by molar-refractivity contribution is 0.812. The molecule has 2 heterocycles. The minimum absolute atomic E-state index is 0.0859. The summed E-state index contributed by atoms with van der Waals surface area (Å²) < 4.78 is 2.16. The normalized spacial score (nSPS) is 17.7. The molecule has 1 aliphatic rings. The van der Waals surface area contributed by atoms with Crippen LogP contribution in [0.2, 0.25) is 0 Å². The van der Waals surface area contributed by atoms with Crippen molar-refractivity contribution in [2.24, 2.45) is 0 Å². The second-order valence-corrected chi connectivity index (χ2v) is 12.3. The molecule has 0 radical (unpaired) electrons. The van der Waals surface area contributed by atoms with Crippen LogP contribution in [0.25, 0.3) is 49.7 Å². The van der Waals surface area contributed by atoms with Crippen molar-refractivity contribution in [2.45, 2.75) is 33.2 Å². The quantitative estimate of drug-likeness (QED) is 0.190. The number of benzene rings is 5. The minimum Gasteiger partial charge on any atom is -0.338 e. The van der Waals surface area contributed by atoms with E-state index in [0.717, 1.165) is 61.9 Å². The smallest absolute Gasteiger partial charge is 0.101 e. The molecule has 1 aromatic heterocycles. The number of hydrogen-bond donors (Lipinski definition) is 0. The Morgan fingerprint density at radius 3 is 1.92 bits per heavy atom. The van der Waals surface area contributed by atoms with Gasteiger partial charge in [0.2, 0.25) is 0 Å². The monoisotopic (exact) mass is 632 g/mol. The van der Waals surface area contributed by atoms with Crippen LogP contribution in [0.3, 0.4) is 0 Å². The predicted octanol–water partition coefficient (Wildman–Crippen LogP) is 11.4. The summed E-state index contributed by atoms with van der Waals surface area (Å²) in [5.41, 5.74) is 11.0. The van der Waals surface area contributed by atoms with Crippen molar-refractivity contribution < 1.29 is 0 Å². The highest BCUT2D eigenvalue weighted by atomic mass is 15.2. The zero-order chi connectivity index (χ0) is 33.9. The Morgan fingerprint density at radius 1 is 0.673 bits per heavy atom. The molecule has 236 valence electrons. The molecule has 7 rings (SSSR count). The van der Waals surface area contributed by atoms with Gasteiger partial charge in [-0.25, -0.2) is 0 Å². The van der Waals surface area contributed by atoms with Crippen molar-refractivity contribution in [1.82, 2.24) is 4.57 Å². The van der Waals surface area contributed by atoms with Gasteiger partial charge in [0.15, 0.2) is 0 Å². The number of nitrogens with zero attached hydrogens (tertiary/aromatic N) is 4. The van der Waals surface area contributed by atoms with E-state index in [1.807, 2.05) is 36.4 Å². The maximum absolute atomic E-state index is 10.5. The average molecular weight is 633 g/mol. The molecule has 6 aromatic rings. The molecule has 1 unspecified atom stereocenters. The molecule has 4 heteroatoms. The third-order valence-electron chi connectivity index (χ3n) is 9.44. The molecule has 49 heavy (non-hydrogen) atoms. The second-order valence-electron chi connectivity index (χ2n) is 12.3. The Hall–Kier alpha value is -6.36. The summed E-state index contributed by atoms with van der Waals surface area (Å²) in [6.45, 7) is 6.49. The number of fused-ring (bicyclic) bond motifs is 3. The summed E-state index contributed by atoms with van der Waals surface area (Å²) >= 11 is 0. The van der Waals surface area contributed by atoms with Crippen LogP contribution in [0.5, 0.6) is 0 Å². The Balaban J connectivity index is 1.49. The summed E-state index contributed by atoms with van der Waals surface area (Å²) in [5, 5.41) is 23.2. The van der Waals surface area contributed by atoms with E-state index in [-0.39, 0.29) is 6.04 Å². The molecule has 0 bridgehead atoms. The van der Waals surface area contributed by atoms with Crippen molar-refractivity contribution in [3.8, 4) is 40.1 Å². The molecule has 0 saturated heterocycles. The van der Waals surface area contributed by atoms with Gasteiger partial charge in [0.05, 0.1) is 33.9 Å². The number of anilines is 1. The first-order valence-electron chi connectivity index (χ1n) is 16.7. The maximum Gasteiger partial charge on any atom is 0.101 e. The first-order chi connectivity index (χ1) is 24.0. The average Bonchev–Trinajstić information content (AvgIpc) is 3.50. The Kier molecular flexibility index (Phi) is 8.55. The number of nitriles is 2. The highest BCUT2D eigenvalue weighted by Crippen LogP contribution is 2.43. The van der Waals surface area contributed by atoms with Gasteiger partial charge in [-0.2, -0.15) is 10.5 Å². The standard InChI is InChI=1S/C45H36N4/c1-4-16-33-18-7-5-6-17-31(2)48(32(33)3)42-24-13-10-21-38(42)36-19-8-9-20-37(36)41-28-45(35(30-47)27-34(41)29-46)49-43-25-14-11-22-39(43)40-23-12-15-26-44(40)49/h4-17,19-28,31H,18H2,1-3H3/b7-5-,16-4-,17-6-,33-32-. The summed E-state index contributed by atoms with van der Waals surface area (Å²) in [4.78, 5) is 2.42. The molecular weight excluding hydrogens is 597 g/mol. The maximum atomic E-state index is 10.5. The van der Waals surface area contributed by atoms with Gasteiger partial charge in [-0.05, 0) is 74.2 Å². The van der Waals surface area contributed by atoms with Crippen molar-refractivity contribution in [2.75, 3.05) is 4.90 Å². The van der Waals surface area contributed by atoms with Crippen LogP contribution in [0.15, 0.2) is 157 Å². The van der Waals surface area contributed by atoms with E-state index in [9.17, 15) is 10.5 Å². The number of aromatic nitrogens is 1. The van der Waals surface area contributed by atoms with E-state index in [2.05, 4.69) is 146 Å². The Labute approximate surface area is 288 Å². The van der Waals surface area contributed by atoms with Gasteiger partial charge in [0.25, 0.3) is 0 Å². The zero-order valence-corrected chi connectivity index (χ0v) is 27.9. The number of allylic oxidation sites excluding steroid dienone is 7. The van der Waals surface area contributed by atoms with Crippen molar-refractivity contribution in [3.63, 3.8) is 0 Å². The van der Waals surface area contributed by atoms with Gasteiger partial charge >= 0.3 is 0 Å². The van der Waals surface area contributed by atoms with Crippen molar-refractivity contribution in [3.05, 3.63) is 168 Å². The fourth-order valence-electron chi connectivity index (χ4n) is 7.21. The van der Waals surface area contributed by atoms with Crippen LogP contribution in [0.1, 0.15) is 38.3 Å². The third-order valence-corrected chi connectivity index (χ3v) is 9.44. The van der Waals surface area contributed by atoms with Gasteiger partial charge in [-0.15, -0.1) is 0 Å². The van der Waals surface area contributed by atoms with E-state index in [1.165, 1.54) is 11.3 Å². The molecule has 1 aliphatic heterocycles. The molecule has 0 saturated carbocycles. The van der Waals surface area contributed by atoms with E-state index < -0.39 is 0 Å². The molecule has 5 aromatic carbocycles. The molecule has 0 spiro atoms. The molecule has 0 N–H and O–H groups in total. The summed E-state index contributed by atoms with van der Waals surface area (Å²) in [6.07, 6.45) is 13.8. The topological polar surface area (TPSA) is 55.8 Å². The Morgan fingerprint density at radius 2 is 1.27 bits per heavy atom. The van der Waals surface area contributed by atoms with Gasteiger partial charge in [0.1, 0.15) is 6.07 Å². The number of para-hydroxylation sites is 3. The zero-order valence-electron chi connectivity index (χ0n) is 27.9. The van der Waals surface area contributed by atoms with Gasteiger partial charge in [-0.1, -0.05) is 115 Å². The third kappa shape index (κ3) is 5.54. The Bertz CT molecular complexity index is 2380. The van der Waals surface area contributed by atoms with Crippen LogP contribution >= 0.6 is 0 Å². The van der Waals surface area contributed by atoms with E-state index in [4.69, 9.17) is 0 Å². The van der Waals surface area contributed by atoms with Gasteiger partial charge in [-0.3, -0.25) is 0 Å². The molecule has 0 amide bonds. The lowest BCUT2D eigenvalue weighted by atomic mass is 9.89. The van der Waals surface area contributed by atoms with Crippen LogP contribution in [-0.4, -0.2) is 10.6 Å². The minimum atomic E-state index is 0.0859. The first kappa shape index (κ1) is 31.3. The molecular formula is C45H36N4. The van der Waals surface area contributed by atoms with Crippen LogP contribution in [-0.2, 0) is 0 Å². The first-order valence-corrected chi connectivity index (χ1v) is 16.7. The highest BCUT2D eigenvalue weighted by molar-refractivity contribution is 6.09. The van der Waals surface area contributed by atoms with Crippen LogP contribution in [0.4, 0.5) is 5.69 Å². The van der Waals surface area contributed by atoms with Gasteiger partial charge < -0.3 is 9.47 Å². The van der Waals surface area contributed by atoms with E-state index in [0.29, 0.717) is 11.1 Å². The van der Waals surface area contributed by atoms with E-state index in [1.54, 1.807) is 6.07 Å². The summed E-state index contributed by atoms with van der Waals surface area (Å²) in [7, 11) is 0. The SMILES string of the molecule is C/C=C\C1=C(/C)N(c2ccccc2-c2ccccc2-c2cc(-n3c4ccccc4c4ccccc43)c(C#N)cc2C#N)C(C)/C=C\C=C/C1. The largest absolute Gasteiger partial charge is 0.338 e. The predicted molar refractivity (Wildman–Crippen MR) is 203 cm³/mol. The lowest BCUT2D eigenvalue weighted by Gasteiger charge is -2.34. The van der Waals surface area contributed by atoms with Gasteiger partial charge in [0, 0.05) is 39.3 Å². The lowest BCUT2D eigenvalue weighted by Crippen LogP contribution is -2.31. The van der Waals surface area contributed by atoms with Crippen molar-refractivity contribution in [1.29, 1.82) is 10.5 Å². The molecule has 0 fully saturated rings. The fourth-order valence-corrected chi connectivity index (χ4v) is 7.21. The number of rotatable bonds is 5. The summed E-state index contributed by atoms with van der Waals surface area (Å²) in [6, 6.07) is 42.1. The fraction of sp³-hybridized carbons (Fsp3) is 0.111. The van der Waals surface area contributed by atoms with Crippen molar-refractivity contribution >= 4 is 27.5 Å². The van der Waals surface area contributed by atoms with Crippen LogP contribution < -0.4 is 4.90 Å².